The van der Waals surface area contributed by atoms with Crippen LogP contribution in [0.25, 0.3) is 0 Å². The summed E-state index contributed by atoms with van der Waals surface area (Å²) in [4.78, 5) is 2.29. The fraction of sp³-hybridized carbons (Fsp3) is 0.250. The molecule has 3 heteroatoms. The minimum atomic E-state index is 0.861. The second-order valence-electron chi connectivity index (χ2n) is 4.84. The minimum absolute atomic E-state index is 0.861. The standard InChI is InChI=1S/C16H18N2O/c1-18-10-9-12-11-13(7-8-15(12)18)17-14-5-3-4-6-16(14)19-2/h3-8,11,17H,9-10H2,1-2H3. The number of likely N-dealkylation sites (N-methyl/N-ethyl adjacent to an activating group) is 1. The monoisotopic (exact) mass is 254 g/mol. The van der Waals surface area contributed by atoms with Crippen LogP contribution in [0.4, 0.5) is 17.1 Å². The molecule has 0 radical (unpaired) electrons. The van der Waals surface area contributed by atoms with Crippen LogP contribution in [0, 0.1) is 0 Å². The summed E-state index contributed by atoms with van der Waals surface area (Å²) in [5, 5.41) is 3.42. The largest absolute Gasteiger partial charge is 0.495 e. The summed E-state index contributed by atoms with van der Waals surface area (Å²) in [6.45, 7) is 1.10. The zero-order valence-electron chi connectivity index (χ0n) is 11.3. The average Bonchev–Trinajstić information content (AvgIpc) is 2.81. The number of nitrogens with zero attached hydrogens (tertiary/aromatic N) is 1. The fourth-order valence-electron chi connectivity index (χ4n) is 2.55. The number of benzene rings is 2. The number of para-hydroxylation sites is 2. The van der Waals surface area contributed by atoms with Crippen LogP contribution in [-0.4, -0.2) is 20.7 Å². The van der Waals surface area contributed by atoms with Gasteiger partial charge in [0.05, 0.1) is 12.8 Å². The molecule has 0 fully saturated rings. The fourth-order valence-corrected chi connectivity index (χ4v) is 2.55. The molecule has 2 aromatic rings. The van der Waals surface area contributed by atoms with Crippen molar-refractivity contribution in [3.05, 3.63) is 48.0 Å². The second kappa shape index (κ2) is 4.84. The van der Waals surface area contributed by atoms with Crippen molar-refractivity contribution in [2.45, 2.75) is 6.42 Å². The number of anilines is 3. The summed E-state index contributed by atoms with van der Waals surface area (Å²) in [6, 6.07) is 14.5. The zero-order chi connectivity index (χ0) is 13.2. The number of rotatable bonds is 3. The SMILES string of the molecule is COc1ccccc1Nc1ccc2c(c1)CCN2C. The highest BCUT2D eigenvalue weighted by Crippen LogP contribution is 2.32. The first-order valence-corrected chi connectivity index (χ1v) is 6.52. The topological polar surface area (TPSA) is 24.5 Å². The molecule has 0 saturated carbocycles. The summed E-state index contributed by atoms with van der Waals surface area (Å²) >= 11 is 0. The van der Waals surface area contributed by atoms with Gasteiger partial charge in [0.15, 0.2) is 0 Å². The Balaban J connectivity index is 1.88. The maximum Gasteiger partial charge on any atom is 0.142 e. The van der Waals surface area contributed by atoms with Crippen LogP contribution in [0.2, 0.25) is 0 Å². The van der Waals surface area contributed by atoms with E-state index >= 15 is 0 Å². The Bertz CT molecular complexity index is 595. The molecule has 0 bridgehead atoms. The van der Waals surface area contributed by atoms with E-state index in [1.807, 2.05) is 24.3 Å². The second-order valence-corrected chi connectivity index (χ2v) is 4.84. The summed E-state index contributed by atoms with van der Waals surface area (Å²) in [5.74, 6) is 0.861. The van der Waals surface area contributed by atoms with E-state index in [-0.39, 0.29) is 0 Å². The molecule has 1 aliphatic rings. The number of hydrogen-bond donors (Lipinski definition) is 1. The Hall–Kier alpha value is -2.16. The van der Waals surface area contributed by atoms with E-state index in [1.165, 1.54) is 11.3 Å². The van der Waals surface area contributed by atoms with E-state index < -0.39 is 0 Å². The third-order valence-electron chi connectivity index (χ3n) is 3.59. The van der Waals surface area contributed by atoms with E-state index in [4.69, 9.17) is 4.74 Å². The van der Waals surface area contributed by atoms with Crippen molar-refractivity contribution in [1.82, 2.24) is 0 Å². The van der Waals surface area contributed by atoms with Gasteiger partial charge in [-0.05, 0) is 42.3 Å². The highest BCUT2D eigenvalue weighted by molar-refractivity contribution is 5.70. The first kappa shape index (κ1) is 11.9. The van der Waals surface area contributed by atoms with Gasteiger partial charge < -0.3 is 15.0 Å². The summed E-state index contributed by atoms with van der Waals surface area (Å²) in [5.41, 5.74) is 4.85. The van der Waals surface area contributed by atoms with Crippen LogP contribution >= 0.6 is 0 Å². The Morgan fingerprint density at radius 3 is 2.84 bits per heavy atom. The van der Waals surface area contributed by atoms with Crippen molar-refractivity contribution in [1.29, 1.82) is 0 Å². The molecular formula is C16H18N2O. The van der Waals surface area contributed by atoms with Crippen LogP contribution in [0.5, 0.6) is 5.75 Å². The molecule has 1 heterocycles. The zero-order valence-corrected chi connectivity index (χ0v) is 11.3. The molecule has 0 aromatic heterocycles. The van der Waals surface area contributed by atoms with Crippen LogP contribution in [0.15, 0.2) is 42.5 Å². The molecule has 0 spiro atoms. The van der Waals surface area contributed by atoms with Crippen LogP contribution in [-0.2, 0) is 6.42 Å². The van der Waals surface area contributed by atoms with Gasteiger partial charge in [0.2, 0.25) is 0 Å². The van der Waals surface area contributed by atoms with Crippen molar-refractivity contribution in [3.8, 4) is 5.75 Å². The number of ether oxygens (including phenoxy) is 1. The van der Waals surface area contributed by atoms with E-state index in [0.717, 1.165) is 30.1 Å². The molecule has 0 amide bonds. The van der Waals surface area contributed by atoms with Crippen LogP contribution in [0.3, 0.4) is 0 Å². The van der Waals surface area contributed by atoms with E-state index in [1.54, 1.807) is 7.11 Å². The molecule has 19 heavy (non-hydrogen) atoms. The molecule has 3 rings (SSSR count). The van der Waals surface area contributed by atoms with Crippen molar-refractivity contribution >= 4 is 17.1 Å². The highest BCUT2D eigenvalue weighted by Gasteiger charge is 2.15. The molecule has 0 saturated heterocycles. The van der Waals surface area contributed by atoms with Gasteiger partial charge in [-0.3, -0.25) is 0 Å². The van der Waals surface area contributed by atoms with Crippen LogP contribution in [0.1, 0.15) is 5.56 Å². The lowest BCUT2D eigenvalue weighted by molar-refractivity contribution is 0.417. The van der Waals surface area contributed by atoms with Crippen molar-refractivity contribution in [2.75, 3.05) is 30.9 Å². The third kappa shape index (κ3) is 2.24. The lowest BCUT2D eigenvalue weighted by Crippen LogP contribution is -2.12. The Labute approximate surface area is 113 Å². The predicted octanol–water partition coefficient (Wildman–Crippen LogP) is 3.43. The van der Waals surface area contributed by atoms with Gasteiger partial charge in [-0.25, -0.2) is 0 Å². The minimum Gasteiger partial charge on any atom is -0.495 e. The maximum atomic E-state index is 5.36. The summed E-state index contributed by atoms with van der Waals surface area (Å²) < 4.78 is 5.36. The normalized spacial score (nSPS) is 13.3. The average molecular weight is 254 g/mol. The van der Waals surface area contributed by atoms with Gasteiger partial charge in [-0.15, -0.1) is 0 Å². The van der Waals surface area contributed by atoms with Crippen LogP contribution < -0.4 is 15.0 Å². The van der Waals surface area contributed by atoms with E-state index in [2.05, 4.69) is 35.5 Å². The molecule has 1 aliphatic heterocycles. The summed E-state index contributed by atoms with van der Waals surface area (Å²) in [7, 11) is 3.83. The molecule has 2 aromatic carbocycles. The summed E-state index contributed by atoms with van der Waals surface area (Å²) in [6.07, 6.45) is 1.12. The lowest BCUT2D eigenvalue weighted by atomic mass is 10.1. The molecule has 3 nitrogen and oxygen atoms in total. The molecule has 0 aliphatic carbocycles. The van der Waals surface area contributed by atoms with Gasteiger partial charge in [-0.2, -0.15) is 0 Å². The van der Waals surface area contributed by atoms with Gasteiger partial charge in [0.1, 0.15) is 5.75 Å². The Kier molecular flexibility index (Phi) is 3.03. The number of methoxy groups -OCH3 is 1. The Morgan fingerprint density at radius 2 is 2.00 bits per heavy atom. The van der Waals surface area contributed by atoms with Gasteiger partial charge >= 0.3 is 0 Å². The van der Waals surface area contributed by atoms with Crippen molar-refractivity contribution in [3.63, 3.8) is 0 Å². The van der Waals surface area contributed by atoms with Crippen molar-refractivity contribution < 1.29 is 4.74 Å². The van der Waals surface area contributed by atoms with E-state index in [9.17, 15) is 0 Å². The third-order valence-corrected chi connectivity index (χ3v) is 3.59. The quantitative estimate of drug-likeness (QED) is 0.908. The molecule has 1 N–H and O–H groups in total. The van der Waals surface area contributed by atoms with Gasteiger partial charge in [0.25, 0.3) is 0 Å². The number of hydrogen-bond acceptors (Lipinski definition) is 3. The first-order valence-electron chi connectivity index (χ1n) is 6.52. The maximum absolute atomic E-state index is 5.36. The van der Waals surface area contributed by atoms with Gasteiger partial charge in [-0.1, -0.05) is 12.1 Å². The van der Waals surface area contributed by atoms with Crippen molar-refractivity contribution in [2.24, 2.45) is 0 Å². The van der Waals surface area contributed by atoms with E-state index in [0.29, 0.717) is 0 Å². The Morgan fingerprint density at radius 1 is 1.16 bits per heavy atom. The molecule has 0 unspecified atom stereocenters. The highest BCUT2D eigenvalue weighted by atomic mass is 16.5. The smallest absolute Gasteiger partial charge is 0.142 e. The lowest BCUT2D eigenvalue weighted by Gasteiger charge is -2.14. The van der Waals surface area contributed by atoms with Gasteiger partial charge in [0, 0.05) is 25.0 Å². The molecule has 0 atom stereocenters. The number of nitrogens with one attached hydrogen (secondary N) is 1. The molecule has 98 valence electrons. The molecular weight excluding hydrogens is 236 g/mol. The first-order chi connectivity index (χ1) is 9.28. The predicted molar refractivity (Wildman–Crippen MR) is 79.7 cm³/mol. The number of fused-ring (bicyclic) bond motifs is 1.